The van der Waals surface area contributed by atoms with E-state index in [4.69, 9.17) is 5.73 Å². The third kappa shape index (κ3) is 4.86. The highest BCUT2D eigenvalue weighted by Crippen LogP contribution is 2.21. The number of anilines is 1. The van der Waals surface area contributed by atoms with Crippen LogP contribution in [0.25, 0.3) is 0 Å². The van der Waals surface area contributed by atoms with Crippen molar-refractivity contribution in [3.8, 4) is 0 Å². The molecule has 94 valence electrons. The number of carbonyl (C=O) groups excluding carboxylic acids is 1. The monoisotopic (exact) mass is 246 g/mol. The van der Waals surface area contributed by atoms with Crippen LogP contribution in [-0.4, -0.2) is 18.1 Å². The Morgan fingerprint density at radius 2 is 1.88 bits per heavy atom. The summed E-state index contributed by atoms with van der Waals surface area (Å²) in [5.41, 5.74) is 6.57. The first-order valence-electron chi connectivity index (χ1n) is 4.98. The molecule has 0 radical (unpaired) electrons. The van der Waals surface area contributed by atoms with Crippen molar-refractivity contribution in [2.75, 3.05) is 5.32 Å². The minimum atomic E-state index is -4.44. The van der Waals surface area contributed by atoms with Gasteiger partial charge in [0.05, 0.1) is 12.5 Å². The third-order valence-electron chi connectivity index (χ3n) is 2.11. The van der Waals surface area contributed by atoms with Gasteiger partial charge in [0.25, 0.3) is 0 Å². The molecular formula is C11H13F3N2O. The fourth-order valence-electron chi connectivity index (χ4n) is 1.21. The molecule has 6 heteroatoms. The van der Waals surface area contributed by atoms with Gasteiger partial charge < -0.3 is 11.1 Å². The van der Waals surface area contributed by atoms with E-state index < -0.39 is 24.5 Å². The van der Waals surface area contributed by atoms with Crippen LogP contribution in [-0.2, 0) is 4.79 Å². The number of rotatable bonds is 3. The van der Waals surface area contributed by atoms with Gasteiger partial charge in [0.2, 0.25) is 5.91 Å². The molecule has 1 aromatic rings. The van der Waals surface area contributed by atoms with E-state index in [-0.39, 0.29) is 0 Å². The molecular weight excluding hydrogens is 233 g/mol. The quantitative estimate of drug-likeness (QED) is 0.859. The molecule has 0 spiro atoms. The zero-order valence-electron chi connectivity index (χ0n) is 9.21. The lowest BCUT2D eigenvalue weighted by Gasteiger charge is -2.14. The highest BCUT2D eigenvalue weighted by Gasteiger charge is 2.33. The van der Waals surface area contributed by atoms with Gasteiger partial charge in [0.1, 0.15) is 0 Å². The molecule has 1 atom stereocenters. The third-order valence-corrected chi connectivity index (χ3v) is 2.11. The molecule has 17 heavy (non-hydrogen) atoms. The van der Waals surface area contributed by atoms with Crippen molar-refractivity contribution in [1.29, 1.82) is 0 Å². The number of halogens is 3. The molecule has 0 heterocycles. The Hall–Kier alpha value is -1.56. The maximum absolute atomic E-state index is 12.0. The van der Waals surface area contributed by atoms with Crippen molar-refractivity contribution in [3.05, 3.63) is 29.8 Å². The predicted molar refractivity (Wildman–Crippen MR) is 58.5 cm³/mol. The molecule has 0 saturated carbocycles. The number of hydrogen-bond donors (Lipinski definition) is 2. The molecule has 0 aromatic heterocycles. The first kappa shape index (κ1) is 13.5. The van der Waals surface area contributed by atoms with Crippen molar-refractivity contribution < 1.29 is 18.0 Å². The molecule has 0 aliphatic rings. The Labute approximate surface area is 96.8 Å². The summed E-state index contributed by atoms with van der Waals surface area (Å²) in [5, 5.41) is 2.33. The second-order valence-electron chi connectivity index (χ2n) is 3.78. The van der Waals surface area contributed by atoms with E-state index >= 15 is 0 Å². The van der Waals surface area contributed by atoms with E-state index in [1.54, 1.807) is 24.3 Å². The molecule has 3 nitrogen and oxygen atoms in total. The fraction of sp³-hybridized carbons (Fsp3) is 0.364. The standard InChI is InChI=1S/C11H13F3N2O/c1-7-2-4-8(5-3-7)16-10(17)9(15)6-11(12,13)14/h2-5,9H,6,15H2,1H3,(H,16,17). The van der Waals surface area contributed by atoms with Crippen molar-refractivity contribution in [1.82, 2.24) is 0 Å². The number of amides is 1. The fourth-order valence-corrected chi connectivity index (χ4v) is 1.21. The second kappa shape index (κ2) is 5.18. The normalized spacial score (nSPS) is 13.2. The SMILES string of the molecule is Cc1ccc(NC(=O)C(N)CC(F)(F)F)cc1. The summed E-state index contributed by atoms with van der Waals surface area (Å²) < 4.78 is 36.0. The minimum absolute atomic E-state index is 0.429. The van der Waals surface area contributed by atoms with Crippen LogP contribution in [0.4, 0.5) is 18.9 Å². The summed E-state index contributed by atoms with van der Waals surface area (Å²) in [6.45, 7) is 1.86. The summed E-state index contributed by atoms with van der Waals surface area (Å²) in [7, 11) is 0. The lowest BCUT2D eigenvalue weighted by Crippen LogP contribution is -2.39. The number of hydrogen-bond acceptors (Lipinski definition) is 2. The summed E-state index contributed by atoms with van der Waals surface area (Å²) >= 11 is 0. The van der Waals surface area contributed by atoms with Gasteiger partial charge in [0.15, 0.2) is 0 Å². The van der Waals surface area contributed by atoms with Crippen LogP contribution in [0.5, 0.6) is 0 Å². The number of nitrogens with two attached hydrogens (primary N) is 1. The van der Waals surface area contributed by atoms with Crippen LogP contribution < -0.4 is 11.1 Å². The summed E-state index contributed by atoms with van der Waals surface area (Å²) in [4.78, 5) is 11.3. The summed E-state index contributed by atoms with van der Waals surface area (Å²) in [6, 6.07) is 5.10. The second-order valence-corrected chi connectivity index (χ2v) is 3.78. The average Bonchev–Trinajstić information content (AvgIpc) is 2.19. The maximum Gasteiger partial charge on any atom is 0.391 e. The maximum atomic E-state index is 12.0. The molecule has 1 rings (SSSR count). The van der Waals surface area contributed by atoms with Crippen molar-refractivity contribution in [3.63, 3.8) is 0 Å². The van der Waals surface area contributed by atoms with E-state index in [1.807, 2.05) is 6.92 Å². The van der Waals surface area contributed by atoms with Crippen LogP contribution in [0.3, 0.4) is 0 Å². The van der Waals surface area contributed by atoms with Gasteiger partial charge in [-0.25, -0.2) is 0 Å². The first-order chi connectivity index (χ1) is 7.78. The number of alkyl halides is 3. The lowest BCUT2D eigenvalue weighted by molar-refractivity contribution is -0.145. The zero-order chi connectivity index (χ0) is 13.1. The molecule has 0 fully saturated rings. The number of carbonyl (C=O) groups is 1. The van der Waals surface area contributed by atoms with Crippen molar-refractivity contribution in [2.24, 2.45) is 5.73 Å². The van der Waals surface area contributed by atoms with E-state index in [0.717, 1.165) is 5.56 Å². The topological polar surface area (TPSA) is 55.1 Å². The molecule has 0 bridgehead atoms. The minimum Gasteiger partial charge on any atom is -0.325 e. The average molecular weight is 246 g/mol. The molecule has 3 N–H and O–H groups in total. The molecule has 1 unspecified atom stereocenters. The van der Waals surface area contributed by atoms with Gasteiger partial charge in [-0.05, 0) is 19.1 Å². The van der Waals surface area contributed by atoms with E-state index in [0.29, 0.717) is 5.69 Å². The highest BCUT2D eigenvalue weighted by atomic mass is 19.4. The van der Waals surface area contributed by atoms with Crippen molar-refractivity contribution >= 4 is 11.6 Å². The molecule has 0 saturated heterocycles. The van der Waals surface area contributed by atoms with Gasteiger partial charge in [-0.3, -0.25) is 4.79 Å². The number of aryl methyl sites for hydroxylation is 1. The largest absolute Gasteiger partial charge is 0.391 e. The Kier molecular flexibility index (Phi) is 4.11. The Bertz CT molecular complexity index is 387. The molecule has 1 amide bonds. The predicted octanol–water partition coefficient (Wildman–Crippen LogP) is 2.21. The van der Waals surface area contributed by atoms with E-state index in [2.05, 4.69) is 5.32 Å². The Morgan fingerprint density at radius 3 is 2.35 bits per heavy atom. The zero-order valence-corrected chi connectivity index (χ0v) is 9.21. The molecule has 0 aliphatic carbocycles. The molecule has 1 aromatic carbocycles. The van der Waals surface area contributed by atoms with Crippen LogP contribution in [0, 0.1) is 6.92 Å². The van der Waals surface area contributed by atoms with Gasteiger partial charge in [0, 0.05) is 5.69 Å². The highest BCUT2D eigenvalue weighted by molar-refractivity contribution is 5.94. The Balaban J connectivity index is 2.57. The summed E-state index contributed by atoms with van der Waals surface area (Å²) in [5.74, 6) is -0.842. The van der Waals surface area contributed by atoms with Crippen LogP contribution in [0.15, 0.2) is 24.3 Å². The number of nitrogens with one attached hydrogen (secondary N) is 1. The van der Waals surface area contributed by atoms with Gasteiger partial charge in [-0.2, -0.15) is 13.2 Å². The van der Waals surface area contributed by atoms with E-state index in [9.17, 15) is 18.0 Å². The van der Waals surface area contributed by atoms with Gasteiger partial charge in [-0.15, -0.1) is 0 Å². The molecule has 0 aliphatic heterocycles. The lowest BCUT2D eigenvalue weighted by atomic mass is 10.2. The first-order valence-corrected chi connectivity index (χ1v) is 4.98. The smallest absolute Gasteiger partial charge is 0.325 e. The van der Waals surface area contributed by atoms with Gasteiger partial charge in [-0.1, -0.05) is 17.7 Å². The van der Waals surface area contributed by atoms with Crippen molar-refractivity contribution in [2.45, 2.75) is 25.6 Å². The van der Waals surface area contributed by atoms with Crippen LogP contribution in [0.1, 0.15) is 12.0 Å². The van der Waals surface area contributed by atoms with Crippen LogP contribution >= 0.6 is 0 Å². The van der Waals surface area contributed by atoms with Gasteiger partial charge >= 0.3 is 6.18 Å². The number of benzene rings is 1. The Morgan fingerprint density at radius 1 is 1.35 bits per heavy atom. The van der Waals surface area contributed by atoms with E-state index in [1.165, 1.54) is 0 Å². The van der Waals surface area contributed by atoms with Crippen LogP contribution in [0.2, 0.25) is 0 Å². The summed E-state index contributed by atoms with van der Waals surface area (Å²) in [6.07, 6.45) is -5.77.